The van der Waals surface area contributed by atoms with Crippen LogP contribution in [0.4, 0.5) is 10.5 Å². The zero-order valence-corrected chi connectivity index (χ0v) is 10.1. The molecule has 0 unspecified atom stereocenters. The number of carbonyl (C=O) groups is 2. The molecule has 0 heterocycles. The van der Waals surface area contributed by atoms with E-state index in [1.807, 2.05) is 13.8 Å². The van der Waals surface area contributed by atoms with Gasteiger partial charge in [0.05, 0.1) is 0 Å². The van der Waals surface area contributed by atoms with Gasteiger partial charge in [-0.3, -0.25) is 4.79 Å². The summed E-state index contributed by atoms with van der Waals surface area (Å²) in [5.74, 6) is -0.0133. The number of amides is 3. The maximum atomic E-state index is 12.0. The highest BCUT2D eigenvalue weighted by Gasteiger charge is 2.11. The molecule has 1 aromatic carbocycles. The smallest absolute Gasteiger partial charge is 0.316 e. The summed E-state index contributed by atoms with van der Waals surface area (Å²) in [6, 6.07) is 6.04. The third-order valence-electron chi connectivity index (χ3n) is 2.45. The summed E-state index contributed by atoms with van der Waals surface area (Å²) in [5.41, 5.74) is 6.17. The second kappa shape index (κ2) is 5.89. The van der Waals surface area contributed by atoms with Gasteiger partial charge in [0.1, 0.15) is 0 Å². The maximum Gasteiger partial charge on any atom is 0.316 e. The molecule has 0 aliphatic carbocycles. The molecule has 0 aliphatic heterocycles. The highest BCUT2D eigenvalue weighted by atomic mass is 16.2. The SMILES string of the molecule is CCN(CC)C(=O)c1ccc(NC(N)=O)cc1. The lowest BCUT2D eigenvalue weighted by Crippen LogP contribution is -2.30. The average Bonchev–Trinajstić information content (AvgIpc) is 2.30. The molecule has 0 aliphatic rings. The molecule has 0 radical (unpaired) electrons. The first kappa shape index (κ1) is 13.0. The number of primary amides is 1. The van der Waals surface area contributed by atoms with Crippen LogP contribution in [-0.4, -0.2) is 29.9 Å². The van der Waals surface area contributed by atoms with Crippen molar-refractivity contribution in [3.05, 3.63) is 29.8 Å². The molecule has 1 aromatic rings. The van der Waals surface area contributed by atoms with Crippen LogP contribution in [0.3, 0.4) is 0 Å². The molecule has 1 rings (SSSR count). The van der Waals surface area contributed by atoms with Crippen molar-refractivity contribution in [2.24, 2.45) is 5.73 Å². The molecule has 0 saturated carbocycles. The lowest BCUT2D eigenvalue weighted by atomic mass is 10.2. The zero-order valence-electron chi connectivity index (χ0n) is 10.1. The molecule has 0 fully saturated rings. The Hall–Kier alpha value is -2.04. The van der Waals surface area contributed by atoms with Gasteiger partial charge in [0, 0.05) is 24.3 Å². The number of benzene rings is 1. The van der Waals surface area contributed by atoms with Crippen LogP contribution >= 0.6 is 0 Å². The Morgan fingerprint density at radius 3 is 2.12 bits per heavy atom. The van der Waals surface area contributed by atoms with E-state index in [-0.39, 0.29) is 5.91 Å². The van der Waals surface area contributed by atoms with Crippen molar-refractivity contribution in [2.45, 2.75) is 13.8 Å². The van der Waals surface area contributed by atoms with Gasteiger partial charge in [-0.15, -0.1) is 0 Å². The summed E-state index contributed by atoms with van der Waals surface area (Å²) in [6.45, 7) is 5.22. The lowest BCUT2D eigenvalue weighted by Gasteiger charge is -2.18. The fraction of sp³-hybridized carbons (Fsp3) is 0.333. The van der Waals surface area contributed by atoms with E-state index in [2.05, 4.69) is 5.32 Å². The first-order valence-corrected chi connectivity index (χ1v) is 5.54. The zero-order chi connectivity index (χ0) is 12.8. The van der Waals surface area contributed by atoms with E-state index in [9.17, 15) is 9.59 Å². The summed E-state index contributed by atoms with van der Waals surface area (Å²) in [4.78, 5) is 24.3. The Morgan fingerprint density at radius 2 is 1.71 bits per heavy atom. The van der Waals surface area contributed by atoms with Gasteiger partial charge in [-0.2, -0.15) is 0 Å². The largest absolute Gasteiger partial charge is 0.351 e. The van der Waals surface area contributed by atoms with Crippen LogP contribution in [0, 0.1) is 0 Å². The predicted molar refractivity (Wildman–Crippen MR) is 66.9 cm³/mol. The second-order valence-electron chi connectivity index (χ2n) is 3.54. The van der Waals surface area contributed by atoms with E-state index >= 15 is 0 Å². The fourth-order valence-electron chi connectivity index (χ4n) is 1.53. The van der Waals surface area contributed by atoms with Gasteiger partial charge in [-0.05, 0) is 38.1 Å². The van der Waals surface area contributed by atoms with Crippen molar-refractivity contribution in [3.63, 3.8) is 0 Å². The number of hydrogen-bond donors (Lipinski definition) is 2. The number of nitrogens with two attached hydrogens (primary N) is 1. The van der Waals surface area contributed by atoms with Gasteiger partial charge in [0.15, 0.2) is 0 Å². The topological polar surface area (TPSA) is 75.4 Å². The van der Waals surface area contributed by atoms with Crippen LogP contribution < -0.4 is 11.1 Å². The van der Waals surface area contributed by atoms with Crippen molar-refractivity contribution >= 4 is 17.6 Å². The Bertz CT molecular complexity index is 397. The number of nitrogens with zero attached hydrogens (tertiary/aromatic N) is 1. The van der Waals surface area contributed by atoms with E-state index in [0.717, 1.165) is 0 Å². The predicted octanol–water partition coefficient (Wildman–Crippen LogP) is 1.66. The van der Waals surface area contributed by atoms with E-state index in [4.69, 9.17) is 5.73 Å². The average molecular weight is 235 g/mol. The molecule has 0 aromatic heterocycles. The number of rotatable bonds is 4. The van der Waals surface area contributed by atoms with Crippen molar-refractivity contribution in [2.75, 3.05) is 18.4 Å². The Labute approximate surface area is 101 Å². The van der Waals surface area contributed by atoms with Gasteiger partial charge in [0.25, 0.3) is 5.91 Å². The summed E-state index contributed by atoms with van der Waals surface area (Å²) < 4.78 is 0. The molecule has 5 heteroatoms. The third kappa shape index (κ3) is 3.48. The molecule has 17 heavy (non-hydrogen) atoms. The molecule has 0 saturated heterocycles. The van der Waals surface area contributed by atoms with Crippen LogP contribution in [0.1, 0.15) is 24.2 Å². The molecule has 92 valence electrons. The van der Waals surface area contributed by atoms with Crippen molar-refractivity contribution < 1.29 is 9.59 Å². The number of urea groups is 1. The number of hydrogen-bond acceptors (Lipinski definition) is 2. The van der Waals surface area contributed by atoms with E-state index < -0.39 is 6.03 Å². The molecular weight excluding hydrogens is 218 g/mol. The Balaban J connectivity index is 2.80. The van der Waals surface area contributed by atoms with Gasteiger partial charge >= 0.3 is 6.03 Å². The van der Waals surface area contributed by atoms with Gasteiger partial charge in [-0.1, -0.05) is 0 Å². The van der Waals surface area contributed by atoms with Crippen molar-refractivity contribution in [3.8, 4) is 0 Å². The molecular formula is C12H17N3O2. The normalized spacial score (nSPS) is 9.76. The van der Waals surface area contributed by atoms with Crippen LogP contribution in [0.15, 0.2) is 24.3 Å². The van der Waals surface area contributed by atoms with Gasteiger partial charge < -0.3 is 16.0 Å². The van der Waals surface area contributed by atoms with Crippen LogP contribution in [0.25, 0.3) is 0 Å². The number of anilines is 1. The van der Waals surface area contributed by atoms with E-state index in [0.29, 0.717) is 24.3 Å². The quantitative estimate of drug-likeness (QED) is 0.832. The third-order valence-corrected chi connectivity index (χ3v) is 2.45. The Morgan fingerprint density at radius 1 is 1.18 bits per heavy atom. The van der Waals surface area contributed by atoms with E-state index in [1.165, 1.54) is 0 Å². The molecule has 3 N–H and O–H groups in total. The minimum atomic E-state index is -0.618. The lowest BCUT2D eigenvalue weighted by molar-refractivity contribution is 0.0773. The molecule has 5 nitrogen and oxygen atoms in total. The van der Waals surface area contributed by atoms with Crippen molar-refractivity contribution in [1.29, 1.82) is 0 Å². The molecule has 0 atom stereocenters. The molecule has 0 spiro atoms. The highest BCUT2D eigenvalue weighted by Crippen LogP contribution is 2.11. The fourth-order valence-corrected chi connectivity index (χ4v) is 1.53. The second-order valence-corrected chi connectivity index (χ2v) is 3.54. The van der Waals surface area contributed by atoms with Crippen LogP contribution in [0.2, 0.25) is 0 Å². The highest BCUT2D eigenvalue weighted by molar-refractivity contribution is 5.95. The summed E-state index contributed by atoms with van der Waals surface area (Å²) in [7, 11) is 0. The van der Waals surface area contributed by atoms with E-state index in [1.54, 1.807) is 29.2 Å². The number of carbonyl (C=O) groups excluding carboxylic acids is 2. The van der Waals surface area contributed by atoms with Gasteiger partial charge in [-0.25, -0.2) is 4.79 Å². The molecule has 3 amide bonds. The minimum absolute atomic E-state index is 0.0133. The standard InChI is InChI=1S/C12H17N3O2/c1-3-15(4-2)11(16)9-5-7-10(8-6-9)14-12(13)17/h5-8H,3-4H2,1-2H3,(H3,13,14,17). The first-order chi connectivity index (χ1) is 8.08. The van der Waals surface area contributed by atoms with Crippen LogP contribution in [-0.2, 0) is 0 Å². The van der Waals surface area contributed by atoms with Crippen LogP contribution in [0.5, 0.6) is 0 Å². The first-order valence-electron chi connectivity index (χ1n) is 5.54. The maximum absolute atomic E-state index is 12.0. The monoisotopic (exact) mass is 235 g/mol. The summed E-state index contributed by atoms with van der Waals surface area (Å²) in [5, 5.41) is 2.44. The minimum Gasteiger partial charge on any atom is -0.351 e. The van der Waals surface area contributed by atoms with Gasteiger partial charge in [0.2, 0.25) is 0 Å². The molecule has 0 bridgehead atoms. The Kier molecular flexibility index (Phi) is 4.51. The number of nitrogens with one attached hydrogen (secondary N) is 1. The summed E-state index contributed by atoms with van der Waals surface area (Å²) >= 11 is 0. The van der Waals surface area contributed by atoms with Crippen molar-refractivity contribution in [1.82, 2.24) is 4.90 Å². The summed E-state index contributed by atoms with van der Waals surface area (Å²) in [6.07, 6.45) is 0.